The summed E-state index contributed by atoms with van der Waals surface area (Å²) in [6, 6.07) is -0.0142. The van der Waals surface area contributed by atoms with Gasteiger partial charge in [0, 0.05) is 32.1 Å². The number of amides is 1. The summed E-state index contributed by atoms with van der Waals surface area (Å²) in [4.78, 5) is 13.5. The Labute approximate surface area is 131 Å². The molecule has 1 N–H and O–H groups in total. The Balaban J connectivity index is 3.97. The number of nitrogens with zero attached hydrogens (tertiary/aromatic N) is 1. The van der Waals surface area contributed by atoms with Crippen molar-refractivity contribution in [3.63, 3.8) is 0 Å². The zero-order chi connectivity index (χ0) is 17.4. The fourth-order valence-corrected chi connectivity index (χ4v) is 1.86. The number of hydrogen-bond donors (Lipinski definition) is 1. The van der Waals surface area contributed by atoms with Crippen molar-refractivity contribution in [2.45, 2.75) is 71.7 Å². The molecule has 7 heteroatoms. The molecular weight excluding hydrogens is 297 g/mol. The average molecular weight is 326 g/mol. The van der Waals surface area contributed by atoms with Gasteiger partial charge in [-0.3, -0.25) is 0 Å². The Hall–Kier alpha value is -0.980. The predicted octanol–water partition coefficient (Wildman–Crippen LogP) is 3.95. The summed E-state index contributed by atoms with van der Waals surface area (Å²) in [6.45, 7) is 10.6. The molecule has 0 fully saturated rings. The quantitative estimate of drug-likeness (QED) is 0.734. The number of ether oxygens (including phenoxy) is 1. The minimum Gasteiger partial charge on any atom is -0.444 e. The molecule has 0 aliphatic carbocycles. The molecule has 0 aliphatic heterocycles. The van der Waals surface area contributed by atoms with Gasteiger partial charge in [0.15, 0.2) is 0 Å². The van der Waals surface area contributed by atoms with Crippen LogP contribution in [0.5, 0.6) is 0 Å². The number of carbonyl (C=O) groups is 1. The number of alkyl halides is 3. The fourth-order valence-electron chi connectivity index (χ4n) is 1.86. The van der Waals surface area contributed by atoms with E-state index in [1.165, 1.54) is 0 Å². The van der Waals surface area contributed by atoms with Crippen molar-refractivity contribution in [1.29, 1.82) is 0 Å². The van der Waals surface area contributed by atoms with Crippen LogP contribution >= 0.6 is 0 Å². The van der Waals surface area contributed by atoms with Crippen LogP contribution in [0.2, 0.25) is 0 Å². The number of hydrogen-bond acceptors (Lipinski definition) is 3. The van der Waals surface area contributed by atoms with Crippen LogP contribution in [0.1, 0.15) is 53.9 Å². The Morgan fingerprint density at radius 1 is 1.27 bits per heavy atom. The molecule has 22 heavy (non-hydrogen) atoms. The SMILES string of the molecule is CCN(CCNC(C)CCCC(F)(F)F)C(=O)OC(C)(C)C. The number of halogens is 3. The summed E-state index contributed by atoms with van der Waals surface area (Å²) in [7, 11) is 0. The van der Waals surface area contributed by atoms with E-state index in [4.69, 9.17) is 4.74 Å². The van der Waals surface area contributed by atoms with Crippen LogP contribution in [0.4, 0.5) is 18.0 Å². The lowest BCUT2D eigenvalue weighted by atomic mass is 10.1. The van der Waals surface area contributed by atoms with Gasteiger partial charge in [-0.2, -0.15) is 13.2 Å². The third-order valence-electron chi connectivity index (χ3n) is 3.01. The van der Waals surface area contributed by atoms with Crippen molar-refractivity contribution < 1.29 is 22.7 Å². The smallest absolute Gasteiger partial charge is 0.410 e. The monoisotopic (exact) mass is 326 g/mol. The van der Waals surface area contributed by atoms with E-state index in [9.17, 15) is 18.0 Å². The van der Waals surface area contributed by atoms with E-state index in [0.29, 0.717) is 26.1 Å². The standard InChI is InChI=1S/C15H29F3N2O2/c1-6-20(13(21)22-14(3,4)5)11-10-19-12(2)8-7-9-15(16,17)18/h12,19H,6-11H2,1-5H3. The van der Waals surface area contributed by atoms with E-state index in [1.807, 2.05) is 13.8 Å². The topological polar surface area (TPSA) is 41.6 Å². The zero-order valence-electron chi connectivity index (χ0n) is 14.2. The van der Waals surface area contributed by atoms with Crippen LogP contribution in [0.3, 0.4) is 0 Å². The van der Waals surface area contributed by atoms with E-state index in [1.54, 1.807) is 25.7 Å². The molecule has 132 valence electrons. The van der Waals surface area contributed by atoms with Crippen LogP contribution in [0.15, 0.2) is 0 Å². The maximum absolute atomic E-state index is 12.1. The Morgan fingerprint density at radius 2 is 1.86 bits per heavy atom. The van der Waals surface area contributed by atoms with Gasteiger partial charge in [-0.15, -0.1) is 0 Å². The van der Waals surface area contributed by atoms with E-state index in [-0.39, 0.29) is 18.6 Å². The Bertz CT molecular complexity index is 328. The summed E-state index contributed by atoms with van der Waals surface area (Å²) >= 11 is 0. The van der Waals surface area contributed by atoms with Gasteiger partial charge in [0.05, 0.1) is 0 Å². The van der Waals surface area contributed by atoms with Crippen LogP contribution < -0.4 is 5.32 Å². The lowest BCUT2D eigenvalue weighted by Crippen LogP contribution is -2.41. The van der Waals surface area contributed by atoms with E-state index < -0.39 is 18.2 Å². The first-order valence-electron chi connectivity index (χ1n) is 7.72. The highest BCUT2D eigenvalue weighted by atomic mass is 19.4. The summed E-state index contributed by atoms with van der Waals surface area (Å²) in [5.41, 5.74) is -0.539. The van der Waals surface area contributed by atoms with Gasteiger partial charge in [0.25, 0.3) is 0 Å². The molecular formula is C15H29F3N2O2. The van der Waals surface area contributed by atoms with Gasteiger partial charge in [0.2, 0.25) is 0 Å². The third kappa shape index (κ3) is 11.7. The molecule has 0 saturated carbocycles. The predicted molar refractivity (Wildman–Crippen MR) is 80.9 cm³/mol. The summed E-state index contributed by atoms with van der Waals surface area (Å²) in [6.07, 6.45) is -4.64. The second kappa shape index (κ2) is 9.22. The van der Waals surface area contributed by atoms with Gasteiger partial charge in [-0.1, -0.05) is 0 Å². The van der Waals surface area contributed by atoms with Crippen LogP contribution in [-0.4, -0.2) is 48.4 Å². The highest BCUT2D eigenvalue weighted by Gasteiger charge is 2.26. The van der Waals surface area contributed by atoms with Gasteiger partial charge in [0.1, 0.15) is 5.60 Å². The molecule has 1 unspecified atom stereocenters. The lowest BCUT2D eigenvalue weighted by Gasteiger charge is -2.27. The molecule has 0 aromatic carbocycles. The van der Waals surface area contributed by atoms with Gasteiger partial charge in [-0.25, -0.2) is 4.79 Å². The number of nitrogens with one attached hydrogen (secondary N) is 1. The van der Waals surface area contributed by atoms with Crippen LogP contribution in [0.25, 0.3) is 0 Å². The first kappa shape index (κ1) is 21.0. The van der Waals surface area contributed by atoms with E-state index >= 15 is 0 Å². The van der Waals surface area contributed by atoms with Gasteiger partial charge < -0.3 is 15.0 Å². The normalized spacial score (nSPS) is 13.8. The van der Waals surface area contributed by atoms with Crippen molar-refractivity contribution in [2.24, 2.45) is 0 Å². The molecule has 1 atom stereocenters. The Morgan fingerprint density at radius 3 is 2.32 bits per heavy atom. The van der Waals surface area contributed by atoms with Gasteiger partial charge in [-0.05, 0) is 47.5 Å². The molecule has 4 nitrogen and oxygen atoms in total. The largest absolute Gasteiger partial charge is 0.444 e. The highest BCUT2D eigenvalue weighted by molar-refractivity contribution is 5.68. The lowest BCUT2D eigenvalue weighted by molar-refractivity contribution is -0.135. The molecule has 0 saturated heterocycles. The molecule has 0 aliphatic rings. The summed E-state index contributed by atoms with van der Waals surface area (Å²) in [5.74, 6) is 0. The molecule has 0 radical (unpaired) electrons. The van der Waals surface area contributed by atoms with Gasteiger partial charge >= 0.3 is 12.3 Å². The third-order valence-corrected chi connectivity index (χ3v) is 3.01. The zero-order valence-corrected chi connectivity index (χ0v) is 14.2. The minimum atomic E-state index is -4.09. The highest BCUT2D eigenvalue weighted by Crippen LogP contribution is 2.22. The summed E-state index contributed by atoms with van der Waals surface area (Å²) in [5, 5.41) is 3.13. The van der Waals surface area contributed by atoms with Crippen molar-refractivity contribution >= 4 is 6.09 Å². The second-order valence-electron chi connectivity index (χ2n) is 6.42. The van der Waals surface area contributed by atoms with E-state index in [0.717, 1.165) is 0 Å². The van der Waals surface area contributed by atoms with Crippen molar-refractivity contribution in [3.05, 3.63) is 0 Å². The van der Waals surface area contributed by atoms with Crippen molar-refractivity contribution in [3.8, 4) is 0 Å². The molecule has 0 aromatic rings. The molecule has 0 heterocycles. The number of carbonyl (C=O) groups excluding carboxylic acids is 1. The summed E-state index contributed by atoms with van der Waals surface area (Å²) < 4.78 is 41.5. The molecule has 0 rings (SSSR count). The average Bonchev–Trinajstić information content (AvgIpc) is 2.30. The second-order valence-corrected chi connectivity index (χ2v) is 6.42. The first-order chi connectivity index (χ1) is 9.94. The molecule has 0 spiro atoms. The van der Waals surface area contributed by atoms with Crippen LogP contribution in [0, 0.1) is 0 Å². The Kier molecular flexibility index (Phi) is 8.81. The number of rotatable bonds is 8. The van der Waals surface area contributed by atoms with Crippen molar-refractivity contribution in [2.75, 3.05) is 19.6 Å². The van der Waals surface area contributed by atoms with E-state index in [2.05, 4.69) is 5.32 Å². The molecule has 1 amide bonds. The fraction of sp³-hybridized carbons (Fsp3) is 0.933. The first-order valence-corrected chi connectivity index (χ1v) is 7.72. The molecule has 0 bridgehead atoms. The maximum atomic E-state index is 12.1. The van der Waals surface area contributed by atoms with Crippen molar-refractivity contribution in [1.82, 2.24) is 10.2 Å². The minimum absolute atomic E-state index is 0.0142. The maximum Gasteiger partial charge on any atom is 0.410 e. The molecule has 0 aromatic heterocycles. The van der Waals surface area contributed by atoms with Crippen LogP contribution in [-0.2, 0) is 4.74 Å². The number of likely N-dealkylation sites (N-methyl/N-ethyl adjacent to an activating group) is 1.